The van der Waals surface area contributed by atoms with Crippen molar-refractivity contribution in [1.82, 2.24) is 0 Å². The number of ether oxygens (including phenoxy) is 2. The van der Waals surface area contributed by atoms with Gasteiger partial charge in [-0.3, -0.25) is 0 Å². The summed E-state index contributed by atoms with van der Waals surface area (Å²) in [7, 11) is 2.23. The van der Waals surface area contributed by atoms with E-state index in [1.807, 2.05) is 0 Å². The van der Waals surface area contributed by atoms with Gasteiger partial charge in [0.1, 0.15) is 25.0 Å². The average Bonchev–Trinajstić information content (AvgIpc) is 2.98. The number of likely N-dealkylation sites (tertiary alicyclic amines) is 1. The highest BCUT2D eigenvalue weighted by Crippen LogP contribution is 2.35. The highest BCUT2D eigenvalue weighted by atomic mass is 127. The van der Waals surface area contributed by atoms with Gasteiger partial charge in [0.05, 0.1) is 33.4 Å². The van der Waals surface area contributed by atoms with Gasteiger partial charge in [0.2, 0.25) is 0 Å². The molecule has 0 aliphatic carbocycles. The summed E-state index contributed by atoms with van der Waals surface area (Å²) >= 11 is 0. The van der Waals surface area contributed by atoms with Crippen LogP contribution in [0, 0.1) is 0 Å². The number of likely N-dealkylation sites (N-methyl/N-ethyl adjacent to an activating group) is 1. The molecule has 1 heterocycles. The fourth-order valence-electron chi connectivity index (χ4n) is 3.98. The Hall–Kier alpha value is -0.370. The molecule has 1 aliphatic rings. The molecule has 0 radical (unpaired) electrons. The van der Waals surface area contributed by atoms with Crippen molar-refractivity contribution in [2.75, 3.05) is 46.5 Å². The third-order valence-electron chi connectivity index (χ3n) is 5.75. The maximum absolute atomic E-state index is 10.3. The first kappa shape index (κ1) is 26.7. The van der Waals surface area contributed by atoms with Gasteiger partial charge in [-0.1, -0.05) is 53.7 Å². The topological polar surface area (TPSA) is 38.7 Å². The highest BCUT2D eigenvalue weighted by molar-refractivity contribution is 5.43. The number of rotatable bonds is 8. The first-order chi connectivity index (χ1) is 12.9. The van der Waals surface area contributed by atoms with Gasteiger partial charge in [-0.2, -0.15) is 0 Å². The smallest absolute Gasteiger partial charge is 0.126 e. The molecule has 1 aliphatic heterocycles. The number of benzene rings is 1. The van der Waals surface area contributed by atoms with Crippen LogP contribution >= 0.6 is 0 Å². The molecule has 0 amide bonds. The SMILES string of the molecule is CC(C)(C)c1ccc(OCCOCC(O)C[N+]2(C)CCCC2)c(C(C)(C)C)c1.[I-]. The molecule has 1 aromatic rings. The van der Waals surface area contributed by atoms with Gasteiger partial charge in [0.15, 0.2) is 0 Å². The molecule has 4 nitrogen and oxygen atoms in total. The van der Waals surface area contributed by atoms with Crippen LogP contribution in [-0.4, -0.2) is 62.2 Å². The lowest BCUT2D eigenvalue weighted by molar-refractivity contribution is -0.900. The highest BCUT2D eigenvalue weighted by Gasteiger charge is 2.29. The van der Waals surface area contributed by atoms with Gasteiger partial charge in [-0.25, -0.2) is 0 Å². The van der Waals surface area contributed by atoms with Crippen molar-refractivity contribution >= 4 is 0 Å². The summed E-state index contributed by atoms with van der Waals surface area (Å²) in [4.78, 5) is 0. The van der Waals surface area contributed by atoms with Crippen LogP contribution in [0.2, 0.25) is 0 Å². The molecule has 0 bridgehead atoms. The van der Waals surface area contributed by atoms with Crippen molar-refractivity contribution in [2.24, 2.45) is 0 Å². The fraction of sp³-hybridized carbons (Fsp3) is 0.750. The molecule has 29 heavy (non-hydrogen) atoms. The Kier molecular flexibility index (Phi) is 9.91. The normalized spacial score (nSPS) is 17.7. The summed E-state index contributed by atoms with van der Waals surface area (Å²) in [6.07, 6.45) is 2.13. The van der Waals surface area contributed by atoms with Crippen LogP contribution in [0.4, 0.5) is 0 Å². The Labute approximate surface area is 195 Å². The van der Waals surface area contributed by atoms with Crippen LogP contribution in [0.25, 0.3) is 0 Å². The van der Waals surface area contributed by atoms with Crippen LogP contribution in [0.3, 0.4) is 0 Å². The number of hydrogen-bond acceptors (Lipinski definition) is 3. The molecule has 0 saturated carbocycles. The van der Waals surface area contributed by atoms with Crippen LogP contribution in [0.5, 0.6) is 5.75 Å². The summed E-state index contributed by atoms with van der Waals surface area (Å²) in [6.45, 7) is 17.8. The quantitative estimate of drug-likeness (QED) is 0.320. The number of quaternary nitrogens is 1. The van der Waals surface area contributed by atoms with E-state index >= 15 is 0 Å². The summed E-state index contributed by atoms with van der Waals surface area (Å²) in [5, 5.41) is 10.3. The maximum Gasteiger partial charge on any atom is 0.126 e. The van der Waals surface area contributed by atoms with Gasteiger partial charge >= 0.3 is 0 Å². The zero-order valence-corrected chi connectivity index (χ0v) is 21.7. The van der Waals surface area contributed by atoms with Gasteiger partial charge < -0.3 is 43.0 Å². The number of aliphatic hydroxyl groups is 1. The second-order valence-electron chi connectivity index (χ2n) is 10.7. The lowest BCUT2D eigenvalue weighted by atomic mass is 9.80. The zero-order valence-electron chi connectivity index (χ0n) is 19.6. The molecule has 1 aromatic carbocycles. The number of hydrogen-bond donors (Lipinski definition) is 1. The summed E-state index contributed by atoms with van der Waals surface area (Å²) in [5.74, 6) is 0.930. The van der Waals surface area contributed by atoms with Crippen LogP contribution in [-0.2, 0) is 15.6 Å². The average molecular weight is 520 g/mol. The summed E-state index contributed by atoms with van der Waals surface area (Å²) < 4.78 is 12.7. The lowest BCUT2D eigenvalue weighted by Crippen LogP contribution is -3.00. The lowest BCUT2D eigenvalue weighted by Gasteiger charge is -2.31. The minimum atomic E-state index is -0.403. The Bertz CT molecular complexity index is 628. The molecule has 1 unspecified atom stereocenters. The Morgan fingerprint density at radius 1 is 1.00 bits per heavy atom. The van der Waals surface area contributed by atoms with Crippen LogP contribution in [0.1, 0.15) is 65.5 Å². The molecule has 5 heteroatoms. The van der Waals surface area contributed by atoms with E-state index in [2.05, 4.69) is 66.8 Å². The molecule has 0 aromatic heterocycles. The molecule has 1 N–H and O–H groups in total. The molecule has 1 fully saturated rings. The van der Waals surface area contributed by atoms with E-state index in [1.54, 1.807) is 0 Å². The van der Waals surface area contributed by atoms with Gasteiger partial charge in [0.25, 0.3) is 0 Å². The summed E-state index contributed by atoms with van der Waals surface area (Å²) in [6, 6.07) is 6.53. The van der Waals surface area contributed by atoms with E-state index in [1.165, 1.54) is 37.1 Å². The van der Waals surface area contributed by atoms with Crippen molar-refractivity contribution in [3.63, 3.8) is 0 Å². The number of nitrogens with zero attached hydrogens (tertiary/aromatic N) is 1. The second kappa shape index (κ2) is 10.8. The largest absolute Gasteiger partial charge is 1.00 e. The first-order valence-electron chi connectivity index (χ1n) is 10.8. The zero-order chi connectivity index (χ0) is 21.0. The van der Waals surface area contributed by atoms with Gasteiger partial charge in [-0.15, -0.1) is 0 Å². The molecule has 1 atom stereocenters. The van der Waals surface area contributed by atoms with E-state index in [0.717, 1.165) is 16.8 Å². The second-order valence-corrected chi connectivity index (χ2v) is 10.7. The Morgan fingerprint density at radius 3 is 2.17 bits per heavy atom. The van der Waals surface area contributed by atoms with Crippen molar-refractivity contribution < 1.29 is 43.0 Å². The van der Waals surface area contributed by atoms with E-state index in [-0.39, 0.29) is 34.8 Å². The molecular formula is C24H42INO3. The first-order valence-corrected chi connectivity index (χ1v) is 10.8. The van der Waals surface area contributed by atoms with Crippen molar-refractivity contribution in [3.8, 4) is 5.75 Å². The molecule has 0 spiro atoms. The van der Waals surface area contributed by atoms with Crippen molar-refractivity contribution in [3.05, 3.63) is 29.3 Å². The van der Waals surface area contributed by atoms with Crippen molar-refractivity contribution in [2.45, 2.75) is 71.3 Å². The number of halogens is 1. The van der Waals surface area contributed by atoms with Crippen LogP contribution in [0.15, 0.2) is 18.2 Å². The van der Waals surface area contributed by atoms with E-state index in [4.69, 9.17) is 9.47 Å². The molecular weight excluding hydrogens is 477 g/mol. The van der Waals surface area contributed by atoms with E-state index in [9.17, 15) is 5.11 Å². The van der Waals surface area contributed by atoms with Gasteiger partial charge in [0, 0.05) is 12.8 Å². The minimum absolute atomic E-state index is 0. The molecule has 1 saturated heterocycles. The fourth-order valence-corrected chi connectivity index (χ4v) is 3.98. The van der Waals surface area contributed by atoms with Gasteiger partial charge in [-0.05, 0) is 28.0 Å². The predicted molar refractivity (Wildman–Crippen MR) is 116 cm³/mol. The van der Waals surface area contributed by atoms with E-state index in [0.29, 0.717) is 19.8 Å². The Balaban J connectivity index is 0.00000420. The van der Waals surface area contributed by atoms with E-state index < -0.39 is 6.10 Å². The van der Waals surface area contributed by atoms with Crippen molar-refractivity contribution in [1.29, 1.82) is 0 Å². The maximum atomic E-state index is 10.3. The Morgan fingerprint density at radius 2 is 1.62 bits per heavy atom. The predicted octanol–water partition coefficient (Wildman–Crippen LogP) is 1.28. The number of aliphatic hydroxyl groups excluding tert-OH is 1. The molecule has 2 rings (SSSR count). The molecule has 168 valence electrons. The third-order valence-corrected chi connectivity index (χ3v) is 5.75. The third kappa shape index (κ3) is 8.35. The summed E-state index contributed by atoms with van der Waals surface area (Å²) in [5.41, 5.74) is 2.68. The monoisotopic (exact) mass is 519 g/mol. The van der Waals surface area contributed by atoms with Crippen LogP contribution < -0.4 is 28.7 Å². The standard InChI is InChI=1S/C24H42NO3.HI/c1-23(2,3)19-10-11-22(21(16-19)24(4,5)6)28-15-14-27-18-20(26)17-25(7)12-8-9-13-25;/h10-11,16,20,26H,8-9,12-15,17-18H2,1-7H3;1H/q+1;/p-1. The minimum Gasteiger partial charge on any atom is -1.00 e.